The zero-order valence-corrected chi connectivity index (χ0v) is 17.0. The number of thioether (sulfide) groups is 1. The molecule has 0 saturated carbocycles. The molecule has 3 rings (SSSR count). The standard InChI is InChI=1S/C18H21N5O2S2/c1-4-23-15(11-13-5-7-14(25-3)8-6-13)21-22-18(23)27-12(2)16(24)20-17-19-9-10-26-17/h5-10,12H,4,11H2,1-3H3,(H,19,20,24)/t12-/m1/s1. The number of hydrogen-bond donors (Lipinski definition) is 1. The van der Waals surface area contributed by atoms with Crippen LogP contribution in [-0.4, -0.2) is 38.0 Å². The summed E-state index contributed by atoms with van der Waals surface area (Å²) in [6, 6.07) is 7.90. The van der Waals surface area contributed by atoms with Crippen LogP contribution in [0.2, 0.25) is 0 Å². The molecule has 0 aliphatic rings. The van der Waals surface area contributed by atoms with Crippen molar-refractivity contribution < 1.29 is 9.53 Å². The van der Waals surface area contributed by atoms with Crippen LogP contribution in [0.15, 0.2) is 41.0 Å². The number of thiazole rings is 1. The summed E-state index contributed by atoms with van der Waals surface area (Å²) in [5.41, 5.74) is 1.13. The van der Waals surface area contributed by atoms with E-state index in [-0.39, 0.29) is 11.2 Å². The lowest BCUT2D eigenvalue weighted by molar-refractivity contribution is -0.115. The largest absolute Gasteiger partial charge is 0.497 e. The van der Waals surface area contributed by atoms with E-state index in [9.17, 15) is 4.79 Å². The third-order valence-electron chi connectivity index (χ3n) is 3.94. The summed E-state index contributed by atoms with van der Waals surface area (Å²) in [6.07, 6.45) is 2.34. The number of carbonyl (C=O) groups excluding carboxylic acids is 1. The predicted octanol–water partition coefficient (Wildman–Crippen LogP) is 3.47. The quantitative estimate of drug-likeness (QED) is 0.580. The molecule has 0 fully saturated rings. The molecule has 3 aromatic rings. The Balaban J connectivity index is 1.68. The Hall–Kier alpha value is -2.39. The summed E-state index contributed by atoms with van der Waals surface area (Å²) in [5.74, 6) is 1.60. The molecule has 1 atom stereocenters. The molecule has 0 bridgehead atoms. The smallest absolute Gasteiger partial charge is 0.239 e. The van der Waals surface area contributed by atoms with Gasteiger partial charge in [-0.2, -0.15) is 0 Å². The van der Waals surface area contributed by atoms with Crippen LogP contribution in [0.1, 0.15) is 25.2 Å². The van der Waals surface area contributed by atoms with E-state index >= 15 is 0 Å². The highest BCUT2D eigenvalue weighted by Crippen LogP contribution is 2.25. The summed E-state index contributed by atoms with van der Waals surface area (Å²) >= 11 is 2.79. The highest BCUT2D eigenvalue weighted by molar-refractivity contribution is 8.00. The number of carbonyl (C=O) groups is 1. The second-order valence-electron chi connectivity index (χ2n) is 5.75. The van der Waals surface area contributed by atoms with E-state index in [4.69, 9.17) is 4.74 Å². The Bertz CT molecular complexity index is 878. The van der Waals surface area contributed by atoms with E-state index < -0.39 is 0 Å². The van der Waals surface area contributed by atoms with Crippen LogP contribution in [0.3, 0.4) is 0 Å². The van der Waals surface area contributed by atoms with Crippen molar-refractivity contribution in [1.82, 2.24) is 19.7 Å². The fraction of sp³-hybridized carbons (Fsp3) is 0.333. The SMILES string of the molecule is CCn1c(Cc2ccc(OC)cc2)nnc1S[C@H](C)C(=O)Nc1nccs1. The zero-order valence-electron chi connectivity index (χ0n) is 15.4. The molecule has 27 heavy (non-hydrogen) atoms. The van der Waals surface area contributed by atoms with E-state index in [1.54, 1.807) is 13.3 Å². The molecular formula is C18H21N5O2S2. The molecule has 2 heterocycles. The first-order valence-electron chi connectivity index (χ1n) is 8.52. The van der Waals surface area contributed by atoms with Crippen molar-refractivity contribution in [2.24, 2.45) is 0 Å². The number of benzene rings is 1. The molecule has 1 N–H and O–H groups in total. The van der Waals surface area contributed by atoms with Crippen LogP contribution in [0, 0.1) is 0 Å². The van der Waals surface area contributed by atoms with Crippen LogP contribution >= 0.6 is 23.1 Å². The van der Waals surface area contributed by atoms with Gasteiger partial charge in [-0.05, 0) is 31.5 Å². The summed E-state index contributed by atoms with van der Waals surface area (Å²) in [5, 5.41) is 14.3. The summed E-state index contributed by atoms with van der Waals surface area (Å²) in [7, 11) is 1.65. The lowest BCUT2D eigenvalue weighted by Gasteiger charge is -2.11. The Morgan fingerprint density at radius 2 is 2.11 bits per heavy atom. The van der Waals surface area contributed by atoms with Crippen molar-refractivity contribution >= 4 is 34.1 Å². The van der Waals surface area contributed by atoms with Gasteiger partial charge in [0.25, 0.3) is 0 Å². The topological polar surface area (TPSA) is 81.9 Å². The first kappa shape index (κ1) is 19.4. The van der Waals surface area contributed by atoms with Crippen molar-refractivity contribution in [2.75, 3.05) is 12.4 Å². The molecule has 9 heteroatoms. The van der Waals surface area contributed by atoms with Gasteiger partial charge in [0.15, 0.2) is 10.3 Å². The van der Waals surface area contributed by atoms with E-state index in [1.165, 1.54) is 23.1 Å². The number of nitrogens with one attached hydrogen (secondary N) is 1. The molecule has 0 radical (unpaired) electrons. The molecule has 0 saturated heterocycles. The highest BCUT2D eigenvalue weighted by atomic mass is 32.2. The summed E-state index contributed by atoms with van der Waals surface area (Å²) in [4.78, 5) is 16.4. The number of anilines is 1. The maximum absolute atomic E-state index is 12.3. The van der Waals surface area contributed by atoms with Gasteiger partial charge in [-0.3, -0.25) is 4.79 Å². The van der Waals surface area contributed by atoms with Gasteiger partial charge >= 0.3 is 0 Å². The first-order valence-corrected chi connectivity index (χ1v) is 10.3. The lowest BCUT2D eigenvalue weighted by Crippen LogP contribution is -2.22. The van der Waals surface area contributed by atoms with Crippen molar-refractivity contribution in [3.63, 3.8) is 0 Å². The van der Waals surface area contributed by atoms with Crippen LogP contribution < -0.4 is 10.1 Å². The molecule has 7 nitrogen and oxygen atoms in total. The van der Waals surface area contributed by atoms with E-state index in [0.29, 0.717) is 11.6 Å². The number of amides is 1. The van der Waals surface area contributed by atoms with Gasteiger partial charge in [0, 0.05) is 24.5 Å². The fourth-order valence-corrected chi connectivity index (χ4v) is 3.95. The van der Waals surface area contributed by atoms with Gasteiger partial charge in [0.2, 0.25) is 5.91 Å². The van der Waals surface area contributed by atoms with Gasteiger partial charge in [-0.25, -0.2) is 4.98 Å². The van der Waals surface area contributed by atoms with Crippen molar-refractivity contribution in [3.8, 4) is 5.75 Å². The number of ether oxygens (including phenoxy) is 1. The van der Waals surface area contributed by atoms with E-state index in [2.05, 4.69) is 20.5 Å². The Kier molecular flexibility index (Phi) is 6.46. The average molecular weight is 404 g/mol. The van der Waals surface area contributed by atoms with Gasteiger partial charge in [-0.1, -0.05) is 23.9 Å². The van der Waals surface area contributed by atoms with Gasteiger partial charge < -0.3 is 14.6 Å². The third-order valence-corrected chi connectivity index (χ3v) is 5.71. The van der Waals surface area contributed by atoms with Gasteiger partial charge in [0.05, 0.1) is 12.4 Å². The molecule has 0 aliphatic heterocycles. The van der Waals surface area contributed by atoms with Crippen LogP contribution in [-0.2, 0) is 17.8 Å². The second kappa shape index (κ2) is 9.01. The molecular weight excluding hydrogens is 382 g/mol. The number of nitrogens with zero attached hydrogens (tertiary/aromatic N) is 4. The van der Waals surface area contributed by atoms with Crippen molar-refractivity contribution in [3.05, 3.63) is 47.2 Å². The van der Waals surface area contributed by atoms with Gasteiger partial charge in [-0.15, -0.1) is 21.5 Å². The maximum atomic E-state index is 12.3. The minimum absolute atomic E-state index is 0.0997. The molecule has 1 amide bonds. The molecule has 0 spiro atoms. The molecule has 1 aromatic carbocycles. The highest BCUT2D eigenvalue weighted by Gasteiger charge is 2.20. The number of rotatable bonds is 8. The molecule has 142 valence electrons. The lowest BCUT2D eigenvalue weighted by atomic mass is 10.1. The number of methoxy groups -OCH3 is 1. The van der Waals surface area contributed by atoms with Crippen LogP contribution in [0.4, 0.5) is 5.13 Å². The van der Waals surface area contributed by atoms with E-state index in [0.717, 1.165) is 28.8 Å². The van der Waals surface area contributed by atoms with Gasteiger partial charge in [0.1, 0.15) is 11.6 Å². The predicted molar refractivity (Wildman–Crippen MR) is 108 cm³/mol. The zero-order chi connectivity index (χ0) is 19.2. The Labute approximate surface area is 166 Å². The van der Waals surface area contributed by atoms with E-state index in [1.807, 2.05) is 48.1 Å². The average Bonchev–Trinajstić information content (AvgIpc) is 3.32. The monoisotopic (exact) mass is 403 g/mol. The normalized spacial score (nSPS) is 12.0. The maximum Gasteiger partial charge on any atom is 0.239 e. The molecule has 0 unspecified atom stereocenters. The number of hydrogen-bond acceptors (Lipinski definition) is 7. The van der Waals surface area contributed by atoms with Crippen LogP contribution in [0.25, 0.3) is 0 Å². The Morgan fingerprint density at radius 1 is 1.33 bits per heavy atom. The molecule has 2 aromatic heterocycles. The van der Waals surface area contributed by atoms with Crippen molar-refractivity contribution in [1.29, 1.82) is 0 Å². The Morgan fingerprint density at radius 3 is 2.74 bits per heavy atom. The minimum atomic E-state index is -0.308. The third kappa shape index (κ3) is 4.86. The summed E-state index contributed by atoms with van der Waals surface area (Å²) < 4.78 is 7.24. The van der Waals surface area contributed by atoms with Crippen molar-refractivity contribution in [2.45, 2.75) is 37.2 Å². The first-order chi connectivity index (χ1) is 13.1. The second-order valence-corrected chi connectivity index (χ2v) is 7.96. The summed E-state index contributed by atoms with van der Waals surface area (Å²) in [6.45, 7) is 4.64. The molecule has 0 aliphatic carbocycles. The fourth-order valence-electron chi connectivity index (χ4n) is 2.48. The minimum Gasteiger partial charge on any atom is -0.497 e. The van der Waals surface area contributed by atoms with Crippen LogP contribution in [0.5, 0.6) is 5.75 Å². The number of aromatic nitrogens is 4.